The van der Waals surface area contributed by atoms with E-state index in [1.54, 1.807) is 30.5 Å². The number of carbonyl (C=O) groups excluding carboxylic acids is 1. The van der Waals surface area contributed by atoms with Crippen LogP contribution in [0, 0.1) is 0 Å². The summed E-state index contributed by atoms with van der Waals surface area (Å²) in [7, 11) is 1.36. The van der Waals surface area contributed by atoms with Crippen LogP contribution in [-0.2, 0) is 4.74 Å². The molecule has 1 heterocycles. The lowest BCUT2D eigenvalue weighted by Crippen LogP contribution is -2.00. The zero-order chi connectivity index (χ0) is 14.7. The van der Waals surface area contributed by atoms with Gasteiger partial charge in [-0.3, -0.25) is 0 Å². The summed E-state index contributed by atoms with van der Waals surface area (Å²) in [5.74, 6) is 0.867. The molecule has 3 rings (SSSR count). The van der Waals surface area contributed by atoms with Crippen LogP contribution in [0.4, 0.5) is 0 Å². The molecule has 21 heavy (non-hydrogen) atoms. The second kappa shape index (κ2) is 5.63. The van der Waals surface area contributed by atoms with Crippen molar-refractivity contribution < 1.29 is 13.9 Å². The Morgan fingerprint density at radius 3 is 2.38 bits per heavy atom. The fourth-order valence-corrected chi connectivity index (χ4v) is 2.01. The Morgan fingerprint density at radius 1 is 1.00 bits per heavy atom. The molecule has 0 atom stereocenters. The monoisotopic (exact) mass is 279 g/mol. The quantitative estimate of drug-likeness (QED) is 0.684. The van der Waals surface area contributed by atoms with Gasteiger partial charge in [-0.2, -0.15) is 0 Å². The number of ether oxygens (including phenoxy) is 1. The van der Waals surface area contributed by atoms with E-state index < -0.39 is 0 Å². The Kier molecular flexibility index (Phi) is 3.51. The van der Waals surface area contributed by atoms with Gasteiger partial charge in [0, 0.05) is 11.1 Å². The van der Waals surface area contributed by atoms with Gasteiger partial charge in [0.2, 0.25) is 5.89 Å². The smallest absolute Gasteiger partial charge is 0.337 e. The average Bonchev–Trinajstić information content (AvgIpc) is 3.05. The van der Waals surface area contributed by atoms with Crippen LogP contribution < -0.4 is 0 Å². The third-order valence-corrected chi connectivity index (χ3v) is 3.12. The summed E-state index contributed by atoms with van der Waals surface area (Å²) in [6.07, 6.45) is 1.69. The van der Waals surface area contributed by atoms with Crippen LogP contribution >= 0.6 is 0 Å². The van der Waals surface area contributed by atoms with Crippen LogP contribution in [0.3, 0.4) is 0 Å². The molecule has 0 saturated carbocycles. The highest BCUT2D eigenvalue weighted by atomic mass is 16.5. The number of benzene rings is 2. The first-order valence-corrected chi connectivity index (χ1v) is 6.48. The van der Waals surface area contributed by atoms with Crippen molar-refractivity contribution in [3.05, 3.63) is 66.4 Å². The summed E-state index contributed by atoms with van der Waals surface area (Å²) in [6, 6.07) is 16.7. The Balaban J connectivity index is 1.88. The lowest BCUT2D eigenvalue weighted by molar-refractivity contribution is 0.0601. The SMILES string of the molecule is COC(=O)c1ccc(-c2ncc(-c3ccccc3)o2)cc1. The second-order valence-electron chi connectivity index (χ2n) is 4.46. The number of esters is 1. The van der Waals surface area contributed by atoms with Gasteiger partial charge in [-0.1, -0.05) is 30.3 Å². The van der Waals surface area contributed by atoms with Crippen molar-refractivity contribution in [3.63, 3.8) is 0 Å². The van der Waals surface area contributed by atoms with Crippen molar-refractivity contribution in [1.82, 2.24) is 4.98 Å². The molecule has 0 fully saturated rings. The molecule has 0 spiro atoms. The van der Waals surface area contributed by atoms with Gasteiger partial charge in [-0.25, -0.2) is 9.78 Å². The maximum absolute atomic E-state index is 11.4. The number of hydrogen-bond acceptors (Lipinski definition) is 4. The minimum Gasteiger partial charge on any atom is -0.465 e. The summed E-state index contributed by atoms with van der Waals surface area (Å²) in [5, 5.41) is 0. The van der Waals surface area contributed by atoms with Gasteiger partial charge in [0.15, 0.2) is 5.76 Å². The molecule has 4 heteroatoms. The number of aromatic nitrogens is 1. The fraction of sp³-hybridized carbons (Fsp3) is 0.0588. The number of rotatable bonds is 3. The number of hydrogen-bond donors (Lipinski definition) is 0. The number of methoxy groups -OCH3 is 1. The van der Waals surface area contributed by atoms with Crippen LogP contribution in [-0.4, -0.2) is 18.1 Å². The predicted molar refractivity (Wildman–Crippen MR) is 78.7 cm³/mol. The molecule has 0 amide bonds. The lowest BCUT2D eigenvalue weighted by atomic mass is 10.1. The van der Waals surface area contributed by atoms with Crippen LogP contribution in [0.2, 0.25) is 0 Å². The fourth-order valence-electron chi connectivity index (χ4n) is 2.01. The molecule has 0 N–H and O–H groups in total. The highest BCUT2D eigenvalue weighted by Crippen LogP contribution is 2.26. The molecule has 0 bridgehead atoms. The van der Waals surface area contributed by atoms with E-state index in [1.807, 2.05) is 30.3 Å². The largest absolute Gasteiger partial charge is 0.465 e. The van der Waals surface area contributed by atoms with Gasteiger partial charge >= 0.3 is 5.97 Å². The molecule has 4 nitrogen and oxygen atoms in total. The van der Waals surface area contributed by atoms with Crippen molar-refractivity contribution >= 4 is 5.97 Å². The van der Waals surface area contributed by atoms with Crippen LogP contribution in [0.15, 0.2) is 65.2 Å². The molecule has 0 unspecified atom stereocenters. The van der Waals surface area contributed by atoms with Gasteiger partial charge in [0.25, 0.3) is 0 Å². The van der Waals surface area contributed by atoms with E-state index in [-0.39, 0.29) is 5.97 Å². The van der Waals surface area contributed by atoms with Crippen molar-refractivity contribution in [3.8, 4) is 22.8 Å². The molecular formula is C17H13NO3. The van der Waals surface area contributed by atoms with E-state index in [1.165, 1.54) is 7.11 Å². The third kappa shape index (κ3) is 2.69. The Morgan fingerprint density at radius 2 is 1.71 bits per heavy atom. The summed E-state index contributed by atoms with van der Waals surface area (Å²) < 4.78 is 10.4. The van der Waals surface area contributed by atoms with Crippen LogP contribution in [0.1, 0.15) is 10.4 Å². The van der Waals surface area contributed by atoms with Gasteiger partial charge in [-0.15, -0.1) is 0 Å². The summed E-state index contributed by atoms with van der Waals surface area (Å²) in [5.41, 5.74) is 2.28. The van der Waals surface area contributed by atoms with E-state index in [0.717, 1.165) is 11.1 Å². The molecule has 104 valence electrons. The standard InChI is InChI=1S/C17H13NO3/c1-20-17(19)14-9-7-13(8-10-14)16-18-11-15(21-16)12-5-3-2-4-6-12/h2-11H,1H3. The minimum absolute atomic E-state index is 0.362. The van der Waals surface area contributed by atoms with Crippen molar-refractivity contribution in [1.29, 1.82) is 0 Å². The topological polar surface area (TPSA) is 52.3 Å². The van der Waals surface area contributed by atoms with Crippen LogP contribution in [0.5, 0.6) is 0 Å². The maximum Gasteiger partial charge on any atom is 0.337 e. The lowest BCUT2D eigenvalue weighted by Gasteiger charge is -2.00. The average molecular weight is 279 g/mol. The normalized spacial score (nSPS) is 10.3. The Bertz CT molecular complexity index is 745. The van der Waals surface area contributed by atoms with Crippen molar-refractivity contribution in [2.75, 3.05) is 7.11 Å². The summed E-state index contributed by atoms with van der Waals surface area (Å²) >= 11 is 0. The van der Waals surface area contributed by atoms with Gasteiger partial charge in [-0.05, 0) is 24.3 Å². The molecule has 0 aliphatic carbocycles. The van der Waals surface area contributed by atoms with Crippen molar-refractivity contribution in [2.45, 2.75) is 0 Å². The molecular weight excluding hydrogens is 266 g/mol. The van der Waals surface area contributed by atoms with Gasteiger partial charge in [0.1, 0.15) is 0 Å². The molecule has 3 aromatic rings. The van der Waals surface area contributed by atoms with Crippen LogP contribution in [0.25, 0.3) is 22.8 Å². The highest BCUT2D eigenvalue weighted by molar-refractivity contribution is 5.89. The first-order valence-electron chi connectivity index (χ1n) is 6.48. The first kappa shape index (κ1) is 13.1. The molecule has 0 radical (unpaired) electrons. The van der Waals surface area contributed by atoms with E-state index in [9.17, 15) is 4.79 Å². The van der Waals surface area contributed by atoms with Crippen molar-refractivity contribution in [2.24, 2.45) is 0 Å². The molecule has 0 aliphatic heterocycles. The number of carbonyl (C=O) groups is 1. The van der Waals surface area contributed by atoms with E-state index in [4.69, 9.17) is 4.42 Å². The summed E-state index contributed by atoms with van der Waals surface area (Å²) in [6.45, 7) is 0. The zero-order valence-electron chi connectivity index (χ0n) is 11.4. The maximum atomic E-state index is 11.4. The second-order valence-corrected chi connectivity index (χ2v) is 4.46. The first-order chi connectivity index (χ1) is 10.3. The predicted octanol–water partition coefficient (Wildman–Crippen LogP) is 3.80. The van der Waals surface area contributed by atoms with Gasteiger partial charge < -0.3 is 9.15 Å². The Labute approximate surface area is 122 Å². The molecule has 1 aromatic heterocycles. The number of oxazole rings is 1. The molecule has 2 aromatic carbocycles. The number of nitrogens with zero attached hydrogens (tertiary/aromatic N) is 1. The minimum atomic E-state index is -0.362. The third-order valence-electron chi connectivity index (χ3n) is 3.12. The van der Waals surface area contributed by atoms with E-state index >= 15 is 0 Å². The van der Waals surface area contributed by atoms with E-state index in [0.29, 0.717) is 17.2 Å². The Hall–Kier alpha value is -2.88. The summed E-state index contributed by atoms with van der Waals surface area (Å²) in [4.78, 5) is 15.7. The highest BCUT2D eigenvalue weighted by Gasteiger charge is 2.10. The van der Waals surface area contributed by atoms with Gasteiger partial charge in [0.05, 0.1) is 18.9 Å². The zero-order valence-corrected chi connectivity index (χ0v) is 11.4. The molecule has 0 saturated heterocycles. The molecule has 0 aliphatic rings. The van der Waals surface area contributed by atoms with E-state index in [2.05, 4.69) is 9.72 Å².